The van der Waals surface area contributed by atoms with Crippen molar-refractivity contribution < 1.29 is 0 Å². The fourth-order valence-electron chi connectivity index (χ4n) is 4.20. The summed E-state index contributed by atoms with van der Waals surface area (Å²) in [4.78, 5) is 2.57. The van der Waals surface area contributed by atoms with Gasteiger partial charge in [-0.3, -0.25) is 4.90 Å². The molecule has 0 amide bonds. The van der Waals surface area contributed by atoms with Crippen LogP contribution in [0.3, 0.4) is 0 Å². The van der Waals surface area contributed by atoms with Gasteiger partial charge in [-0.05, 0) is 23.6 Å². The van der Waals surface area contributed by atoms with Crippen LogP contribution in [-0.2, 0) is 5.54 Å². The average molecular weight is 325 g/mol. The first-order valence-electron chi connectivity index (χ1n) is 8.87. The summed E-state index contributed by atoms with van der Waals surface area (Å²) in [6, 6.07) is 33.3. The van der Waals surface area contributed by atoms with Crippen molar-refractivity contribution >= 4 is 0 Å². The second-order valence-corrected chi connectivity index (χ2v) is 6.68. The van der Waals surface area contributed by atoms with Crippen molar-refractivity contribution in [1.29, 1.82) is 0 Å². The molecule has 1 aliphatic heterocycles. The topological polar surface area (TPSA) is 3.01 Å². The maximum absolute atomic E-state index is 4.08. The summed E-state index contributed by atoms with van der Waals surface area (Å²) in [5.41, 5.74) is 3.58. The van der Waals surface area contributed by atoms with E-state index in [0.29, 0.717) is 12.1 Å². The lowest BCUT2D eigenvalue weighted by Crippen LogP contribution is -2.39. The molecule has 0 aliphatic carbocycles. The highest BCUT2D eigenvalue weighted by atomic mass is 15.4. The van der Waals surface area contributed by atoms with Crippen molar-refractivity contribution in [3.05, 3.63) is 120 Å². The molecule has 1 aliphatic rings. The molecule has 1 nitrogen and oxygen atoms in total. The van der Waals surface area contributed by atoms with Gasteiger partial charge in [0.1, 0.15) is 0 Å². The van der Waals surface area contributed by atoms with Crippen LogP contribution in [0.25, 0.3) is 0 Å². The third kappa shape index (κ3) is 2.43. The first-order valence-corrected chi connectivity index (χ1v) is 8.87. The minimum Gasteiger partial charge on any atom is -0.273 e. The van der Waals surface area contributed by atoms with E-state index in [1.54, 1.807) is 0 Å². The highest BCUT2D eigenvalue weighted by Crippen LogP contribution is 2.51. The van der Waals surface area contributed by atoms with E-state index < -0.39 is 0 Å². The van der Waals surface area contributed by atoms with E-state index in [1.165, 1.54) is 16.7 Å². The van der Waals surface area contributed by atoms with Crippen molar-refractivity contribution in [3.63, 3.8) is 0 Å². The van der Waals surface area contributed by atoms with Gasteiger partial charge in [0.15, 0.2) is 0 Å². The zero-order valence-corrected chi connectivity index (χ0v) is 14.5. The van der Waals surface area contributed by atoms with E-state index in [9.17, 15) is 0 Å². The number of benzene rings is 3. The number of hydrogen-bond acceptors (Lipinski definition) is 1. The van der Waals surface area contributed by atoms with Gasteiger partial charge < -0.3 is 0 Å². The largest absolute Gasteiger partial charge is 0.273 e. The number of hydrogen-bond donors (Lipinski definition) is 0. The summed E-state index contributed by atoms with van der Waals surface area (Å²) in [6.07, 6.45) is 2.08. The fourth-order valence-corrected chi connectivity index (χ4v) is 4.20. The molecule has 0 radical (unpaired) electrons. The molecular weight excluding hydrogens is 302 g/mol. The molecule has 0 N–H and O–H groups in total. The van der Waals surface area contributed by atoms with Gasteiger partial charge in [-0.2, -0.15) is 0 Å². The predicted octanol–water partition coefficient (Wildman–Crippen LogP) is 5.24. The minimum atomic E-state index is -0.304. The van der Waals surface area contributed by atoms with Crippen LogP contribution >= 0.6 is 0 Å². The molecule has 0 saturated carbocycles. The molecule has 4 rings (SSSR count). The second-order valence-electron chi connectivity index (χ2n) is 6.68. The van der Waals surface area contributed by atoms with E-state index in [2.05, 4.69) is 115 Å². The summed E-state index contributed by atoms with van der Waals surface area (Å²) in [5, 5.41) is 0. The monoisotopic (exact) mass is 325 g/mol. The molecule has 3 atom stereocenters. The molecule has 124 valence electrons. The third-order valence-corrected chi connectivity index (χ3v) is 5.37. The Morgan fingerprint density at radius 3 is 1.36 bits per heavy atom. The molecule has 1 fully saturated rings. The Bertz CT molecular complexity index is 742. The Balaban J connectivity index is 2.04. The summed E-state index contributed by atoms with van der Waals surface area (Å²) < 4.78 is 0. The van der Waals surface area contributed by atoms with Gasteiger partial charge in [-0.15, -0.1) is 6.58 Å². The third-order valence-electron chi connectivity index (χ3n) is 5.37. The first-order chi connectivity index (χ1) is 12.3. The Hall–Kier alpha value is -2.64. The van der Waals surface area contributed by atoms with Gasteiger partial charge in [-0.1, -0.05) is 97.1 Å². The molecule has 0 aromatic heterocycles. The van der Waals surface area contributed by atoms with Crippen LogP contribution in [0.2, 0.25) is 0 Å². The molecule has 1 saturated heterocycles. The summed E-state index contributed by atoms with van der Waals surface area (Å²) >= 11 is 0. The molecule has 1 heterocycles. The Kier molecular flexibility index (Phi) is 4.03. The van der Waals surface area contributed by atoms with Crippen molar-refractivity contribution in [1.82, 2.24) is 4.90 Å². The van der Waals surface area contributed by atoms with Gasteiger partial charge in [0.2, 0.25) is 0 Å². The van der Waals surface area contributed by atoms with Gasteiger partial charge in [-0.25, -0.2) is 0 Å². The van der Waals surface area contributed by atoms with Gasteiger partial charge in [0.05, 0.1) is 5.54 Å². The second kappa shape index (κ2) is 6.34. The zero-order chi connectivity index (χ0) is 17.3. The molecule has 3 aromatic rings. The summed E-state index contributed by atoms with van der Waals surface area (Å²) in [5.74, 6) is 0. The Morgan fingerprint density at radius 1 is 0.720 bits per heavy atom. The molecule has 3 aromatic carbocycles. The normalized spacial score (nSPS) is 22.4. The molecule has 1 unspecified atom stereocenters. The molecule has 0 spiro atoms. The van der Waals surface area contributed by atoms with Crippen LogP contribution in [0, 0.1) is 0 Å². The van der Waals surface area contributed by atoms with Crippen molar-refractivity contribution in [2.75, 3.05) is 0 Å². The maximum atomic E-state index is 4.08. The van der Waals surface area contributed by atoms with Crippen molar-refractivity contribution in [3.8, 4) is 0 Å². The van der Waals surface area contributed by atoms with Crippen molar-refractivity contribution in [2.24, 2.45) is 0 Å². The van der Waals surface area contributed by atoms with Crippen LogP contribution < -0.4 is 0 Å². The van der Waals surface area contributed by atoms with E-state index in [4.69, 9.17) is 0 Å². The standard InChI is InChI=1S/C24H23N/c1-3-23-19(2)25(23)24(20-13-7-4-8-14-20,21-15-9-5-10-16-21)22-17-11-6-12-18-22/h3-19,23H,1H2,2H3/t19-,23+,25?/m0/s1. The highest BCUT2D eigenvalue weighted by molar-refractivity contribution is 5.52. The van der Waals surface area contributed by atoms with Crippen LogP contribution in [0.15, 0.2) is 104 Å². The molecule has 1 heteroatoms. The lowest BCUT2D eigenvalue weighted by atomic mass is 9.76. The van der Waals surface area contributed by atoms with Gasteiger partial charge >= 0.3 is 0 Å². The predicted molar refractivity (Wildman–Crippen MR) is 104 cm³/mol. The average Bonchev–Trinajstić information content (AvgIpc) is 3.35. The number of nitrogens with zero attached hydrogens (tertiary/aromatic N) is 1. The lowest BCUT2D eigenvalue weighted by molar-refractivity contribution is 0.315. The lowest BCUT2D eigenvalue weighted by Gasteiger charge is -2.38. The zero-order valence-electron chi connectivity index (χ0n) is 14.5. The Morgan fingerprint density at radius 2 is 1.08 bits per heavy atom. The van der Waals surface area contributed by atoms with Crippen LogP contribution in [0.1, 0.15) is 23.6 Å². The smallest absolute Gasteiger partial charge is 0.0981 e. The first kappa shape index (κ1) is 15.9. The summed E-state index contributed by atoms with van der Waals surface area (Å²) in [7, 11) is 0. The van der Waals surface area contributed by atoms with Gasteiger partial charge in [0.25, 0.3) is 0 Å². The molecule has 0 bridgehead atoms. The van der Waals surface area contributed by atoms with E-state index >= 15 is 0 Å². The number of rotatable bonds is 5. The quantitative estimate of drug-likeness (QED) is 0.352. The fraction of sp³-hybridized carbons (Fsp3) is 0.167. The van der Waals surface area contributed by atoms with Crippen LogP contribution in [0.5, 0.6) is 0 Å². The maximum Gasteiger partial charge on any atom is 0.0981 e. The van der Waals surface area contributed by atoms with Crippen molar-refractivity contribution in [2.45, 2.75) is 24.5 Å². The van der Waals surface area contributed by atoms with Crippen LogP contribution in [-0.4, -0.2) is 17.0 Å². The van der Waals surface area contributed by atoms with E-state index in [-0.39, 0.29) is 5.54 Å². The molecular formula is C24H23N. The molecule has 25 heavy (non-hydrogen) atoms. The van der Waals surface area contributed by atoms with E-state index in [0.717, 1.165) is 0 Å². The van der Waals surface area contributed by atoms with Gasteiger partial charge in [0, 0.05) is 12.1 Å². The highest BCUT2D eigenvalue weighted by Gasteiger charge is 2.57. The Labute approximate surface area is 150 Å². The van der Waals surface area contributed by atoms with E-state index in [1.807, 2.05) is 0 Å². The SMILES string of the molecule is C=C[C@@H]1[C@H](C)N1C(c1ccccc1)(c1ccccc1)c1ccccc1. The minimum absolute atomic E-state index is 0.304. The van der Waals surface area contributed by atoms with Crippen LogP contribution in [0.4, 0.5) is 0 Å². The summed E-state index contributed by atoms with van der Waals surface area (Å²) in [6.45, 7) is 6.36.